The molecule has 6 heteroatoms. The van der Waals surface area contributed by atoms with E-state index < -0.39 is 11.8 Å². The summed E-state index contributed by atoms with van der Waals surface area (Å²) < 4.78 is 10.7. The lowest BCUT2D eigenvalue weighted by Gasteiger charge is -2.18. The topological polar surface area (TPSA) is 67.9 Å². The van der Waals surface area contributed by atoms with Crippen molar-refractivity contribution in [1.29, 1.82) is 0 Å². The van der Waals surface area contributed by atoms with Gasteiger partial charge in [0.1, 0.15) is 17.2 Å². The summed E-state index contributed by atoms with van der Waals surface area (Å²) in [7, 11) is 3.13. The summed E-state index contributed by atoms with van der Waals surface area (Å²) in [4.78, 5) is 28.5. The Morgan fingerprint density at radius 2 is 1.53 bits per heavy atom. The number of amides is 2. The first-order valence-corrected chi connectivity index (χ1v) is 10.2. The second-order valence-corrected chi connectivity index (χ2v) is 7.54. The minimum absolute atomic E-state index is 0.200. The number of carbonyl (C=O) groups is 2. The largest absolute Gasteiger partial charge is 0.497 e. The third-order valence-electron chi connectivity index (χ3n) is 5.43. The molecule has 0 saturated carbocycles. The zero-order valence-electron chi connectivity index (χ0n) is 18.4. The van der Waals surface area contributed by atoms with E-state index in [0.717, 1.165) is 11.1 Å². The van der Waals surface area contributed by atoms with Crippen molar-refractivity contribution in [3.05, 3.63) is 89.1 Å². The Bertz CT molecular complexity index is 1230. The van der Waals surface area contributed by atoms with Gasteiger partial charge in [-0.15, -0.1) is 0 Å². The number of para-hydroxylation sites is 1. The molecule has 0 aromatic heterocycles. The number of benzene rings is 3. The molecule has 0 saturated heterocycles. The Hall–Kier alpha value is -4.06. The van der Waals surface area contributed by atoms with Crippen LogP contribution in [-0.2, 0) is 9.59 Å². The minimum Gasteiger partial charge on any atom is -0.497 e. The van der Waals surface area contributed by atoms with Crippen LogP contribution in [0.4, 0.5) is 11.4 Å². The van der Waals surface area contributed by atoms with Crippen LogP contribution in [0.25, 0.3) is 5.57 Å². The second-order valence-electron chi connectivity index (χ2n) is 7.54. The molecule has 0 radical (unpaired) electrons. The van der Waals surface area contributed by atoms with Gasteiger partial charge in [0.2, 0.25) is 0 Å². The first-order chi connectivity index (χ1) is 15.4. The quantitative estimate of drug-likeness (QED) is 0.576. The summed E-state index contributed by atoms with van der Waals surface area (Å²) in [6.45, 7) is 3.81. The average molecular weight is 428 g/mol. The predicted octanol–water partition coefficient (Wildman–Crippen LogP) is 4.72. The molecule has 0 fully saturated rings. The third-order valence-corrected chi connectivity index (χ3v) is 5.43. The zero-order chi connectivity index (χ0) is 22.8. The van der Waals surface area contributed by atoms with Crippen LogP contribution in [0.1, 0.15) is 16.7 Å². The van der Waals surface area contributed by atoms with Gasteiger partial charge in [0.25, 0.3) is 11.8 Å². The van der Waals surface area contributed by atoms with Crippen LogP contribution in [-0.4, -0.2) is 26.0 Å². The smallest absolute Gasteiger partial charge is 0.282 e. The predicted molar refractivity (Wildman–Crippen MR) is 125 cm³/mol. The van der Waals surface area contributed by atoms with E-state index in [1.807, 2.05) is 44.2 Å². The lowest BCUT2D eigenvalue weighted by Crippen LogP contribution is -2.33. The fourth-order valence-corrected chi connectivity index (χ4v) is 3.74. The molecule has 162 valence electrons. The van der Waals surface area contributed by atoms with E-state index in [0.29, 0.717) is 28.4 Å². The van der Waals surface area contributed by atoms with Gasteiger partial charge >= 0.3 is 0 Å². The van der Waals surface area contributed by atoms with Gasteiger partial charge in [-0.3, -0.25) is 9.59 Å². The maximum absolute atomic E-state index is 13.7. The molecule has 6 nitrogen and oxygen atoms in total. The second kappa shape index (κ2) is 8.59. The van der Waals surface area contributed by atoms with Gasteiger partial charge in [0.15, 0.2) is 0 Å². The summed E-state index contributed by atoms with van der Waals surface area (Å²) in [5, 5.41) is 3.16. The fourth-order valence-electron chi connectivity index (χ4n) is 3.74. The van der Waals surface area contributed by atoms with Crippen molar-refractivity contribution in [3.8, 4) is 11.5 Å². The monoisotopic (exact) mass is 428 g/mol. The van der Waals surface area contributed by atoms with Crippen molar-refractivity contribution in [3.63, 3.8) is 0 Å². The molecule has 0 atom stereocenters. The lowest BCUT2D eigenvalue weighted by atomic mass is 10.0. The molecular weight excluding hydrogens is 404 g/mol. The highest BCUT2D eigenvalue weighted by Crippen LogP contribution is 2.38. The van der Waals surface area contributed by atoms with Crippen molar-refractivity contribution in [2.24, 2.45) is 0 Å². The molecule has 2 amide bonds. The molecule has 0 spiro atoms. The van der Waals surface area contributed by atoms with E-state index in [9.17, 15) is 9.59 Å². The highest BCUT2D eigenvalue weighted by atomic mass is 16.5. The molecule has 1 aliphatic heterocycles. The summed E-state index contributed by atoms with van der Waals surface area (Å²) in [6.07, 6.45) is 0. The average Bonchev–Trinajstić information content (AvgIpc) is 3.05. The first kappa shape index (κ1) is 21.2. The Balaban J connectivity index is 1.86. The molecule has 0 aliphatic carbocycles. The molecule has 0 unspecified atom stereocenters. The van der Waals surface area contributed by atoms with Gasteiger partial charge in [-0.2, -0.15) is 0 Å². The molecule has 3 aromatic rings. The maximum atomic E-state index is 13.7. The SMILES string of the molecule is COc1ccc(NC2=C(c3ccccc3OC)C(=O)N(c3cc(C)ccc3C)C2=O)cc1. The van der Waals surface area contributed by atoms with Crippen molar-refractivity contribution in [2.45, 2.75) is 13.8 Å². The number of carbonyl (C=O) groups excluding carboxylic acids is 2. The molecular formula is C26H24N2O4. The van der Waals surface area contributed by atoms with Crippen LogP contribution >= 0.6 is 0 Å². The van der Waals surface area contributed by atoms with Crippen molar-refractivity contribution in [2.75, 3.05) is 24.4 Å². The number of hydrogen-bond acceptors (Lipinski definition) is 5. The fraction of sp³-hybridized carbons (Fsp3) is 0.154. The number of hydrogen-bond donors (Lipinski definition) is 1. The number of rotatable bonds is 6. The number of aryl methyl sites for hydroxylation is 2. The highest BCUT2D eigenvalue weighted by Gasteiger charge is 2.41. The van der Waals surface area contributed by atoms with Crippen LogP contribution in [0.3, 0.4) is 0 Å². The minimum atomic E-state index is -0.416. The molecule has 0 bridgehead atoms. The summed E-state index contributed by atoms with van der Waals surface area (Å²) >= 11 is 0. The molecule has 3 aromatic carbocycles. The standard InChI is InChI=1S/C26H24N2O4/c1-16-9-10-17(2)21(15-16)28-25(29)23(20-7-5-6-8-22(20)32-4)24(26(28)30)27-18-11-13-19(31-3)14-12-18/h5-15,27H,1-4H3. The number of nitrogens with zero attached hydrogens (tertiary/aromatic N) is 1. The Morgan fingerprint density at radius 1 is 0.812 bits per heavy atom. The van der Waals surface area contributed by atoms with Crippen LogP contribution in [0, 0.1) is 13.8 Å². The van der Waals surface area contributed by atoms with Crippen molar-refractivity contribution < 1.29 is 19.1 Å². The lowest BCUT2D eigenvalue weighted by molar-refractivity contribution is -0.120. The first-order valence-electron chi connectivity index (χ1n) is 10.2. The zero-order valence-corrected chi connectivity index (χ0v) is 18.4. The molecule has 4 rings (SSSR count). The van der Waals surface area contributed by atoms with E-state index >= 15 is 0 Å². The van der Waals surface area contributed by atoms with Gasteiger partial charge in [0, 0.05) is 11.3 Å². The third kappa shape index (κ3) is 3.71. The highest BCUT2D eigenvalue weighted by molar-refractivity contribution is 6.46. The summed E-state index contributed by atoms with van der Waals surface area (Å²) in [5.74, 6) is 0.394. The summed E-state index contributed by atoms with van der Waals surface area (Å²) in [5.41, 5.74) is 4.05. The van der Waals surface area contributed by atoms with E-state index in [-0.39, 0.29) is 11.3 Å². The van der Waals surface area contributed by atoms with Gasteiger partial charge in [-0.25, -0.2) is 4.90 Å². The van der Waals surface area contributed by atoms with E-state index in [1.54, 1.807) is 50.6 Å². The number of nitrogens with one attached hydrogen (secondary N) is 1. The molecule has 1 heterocycles. The van der Waals surface area contributed by atoms with E-state index in [2.05, 4.69) is 5.32 Å². The Morgan fingerprint density at radius 3 is 2.22 bits per heavy atom. The van der Waals surface area contributed by atoms with Crippen LogP contribution in [0.15, 0.2) is 72.4 Å². The number of imide groups is 1. The maximum Gasteiger partial charge on any atom is 0.282 e. The van der Waals surface area contributed by atoms with Crippen molar-refractivity contribution >= 4 is 28.8 Å². The van der Waals surface area contributed by atoms with Crippen molar-refractivity contribution in [1.82, 2.24) is 0 Å². The summed E-state index contributed by atoms with van der Waals surface area (Å²) in [6, 6.07) is 20.1. The Labute approximate surface area is 187 Å². The van der Waals surface area contributed by atoms with Gasteiger partial charge in [-0.1, -0.05) is 30.3 Å². The number of methoxy groups -OCH3 is 2. The molecule has 32 heavy (non-hydrogen) atoms. The normalized spacial score (nSPS) is 13.6. The van der Waals surface area contributed by atoms with Gasteiger partial charge < -0.3 is 14.8 Å². The Kier molecular flexibility index (Phi) is 5.69. The molecule has 1 N–H and O–H groups in total. The van der Waals surface area contributed by atoms with Crippen LogP contribution in [0.2, 0.25) is 0 Å². The number of ether oxygens (including phenoxy) is 2. The van der Waals surface area contributed by atoms with Gasteiger partial charge in [0.05, 0.1) is 25.5 Å². The van der Waals surface area contributed by atoms with Crippen LogP contribution in [0.5, 0.6) is 11.5 Å². The van der Waals surface area contributed by atoms with Crippen LogP contribution < -0.4 is 19.7 Å². The van der Waals surface area contributed by atoms with E-state index in [1.165, 1.54) is 4.90 Å². The van der Waals surface area contributed by atoms with E-state index in [4.69, 9.17) is 9.47 Å². The molecule has 1 aliphatic rings. The number of anilines is 2. The van der Waals surface area contributed by atoms with Gasteiger partial charge in [-0.05, 0) is 61.4 Å².